The van der Waals surface area contributed by atoms with Crippen molar-refractivity contribution in [1.29, 1.82) is 0 Å². The molecule has 1 aromatic carbocycles. The van der Waals surface area contributed by atoms with Crippen molar-refractivity contribution in [2.75, 3.05) is 13.2 Å². The van der Waals surface area contributed by atoms with Crippen molar-refractivity contribution in [3.63, 3.8) is 0 Å². The number of aryl methyl sites for hydroxylation is 2. The van der Waals surface area contributed by atoms with E-state index < -0.39 is 5.54 Å². The van der Waals surface area contributed by atoms with E-state index in [1.807, 2.05) is 18.3 Å². The molecule has 0 aliphatic heterocycles. The van der Waals surface area contributed by atoms with Crippen molar-refractivity contribution in [3.8, 4) is 0 Å². The van der Waals surface area contributed by atoms with Gasteiger partial charge in [-0.25, -0.2) is 0 Å². The van der Waals surface area contributed by atoms with Gasteiger partial charge in [-0.15, -0.1) is 11.3 Å². The van der Waals surface area contributed by atoms with Crippen LogP contribution in [0.15, 0.2) is 23.6 Å². The number of hydrogen-bond donors (Lipinski definition) is 2. The molecule has 1 saturated carbocycles. The van der Waals surface area contributed by atoms with E-state index in [9.17, 15) is 5.11 Å². The Morgan fingerprint density at radius 2 is 2.00 bits per heavy atom. The molecule has 1 aliphatic carbocycles. The van der Waals surface area contributed by atoms with Crippen LogP contribution in [-0.2, 0) is 17.6 Å². The van der Waals surface area contributed by atoms with Gasteiger partial charge >= 0.3 is 0 Å². The molecule has 1 fully saturated rings. The second kappa shape index (κ2) is 10.0. The smallest absolute Gasteiger partial charge is 0.0608 e. The predicted octanol–water partition coefficient (Wildman–Crippen LogP) is 5.22. The molecule has 1 aliphatic rings. The molecule has 3 rings (SSSR count). The number of rotatable bonds is 10. The number of hydrogen-bond acceptors (Lipinski definition) is 4. The summed E-state index contributed by atoms with van der Waals surface area (Å²) in [4.78, 5) is 0. The Labute approximate surface area is 167 Å². The Bertz CT molecular complexity index is 703. The van der Waals surface area contributed by atoms with Gasteiger partial charge in [0, 0.05) is 16.8 Å². The number of aliphatic hydroxyl groups excluding tert-OH is 1. The lowest BCUT2D eigenvalue weighted by Crippen LogP contribution is -2.40. The second-order valence-electron chi connectivity index (χ2n) is 8.49. The van der Waals surface area contributed by atoms with Crippen LogP contribution in [0, 0.1) is 0 Å². The van der Waals surface area contributed by atoms with Gasteiger partial charge in [-0.2, -0.15) is 0 Å². The summed E-state index contributed by atoms with van der Waals surface area (Å²) in [5, 5.41) is 13.0. The lowest BCUT2D eigenvalue weighted by molar-refractivity contribution is 0.0265. The monoisotopic (exact) mass is 389 g/mol. The third-order valence-corrected chi connectivity index (χ3v) is 6.81. The van der Waals surface area contributed by atoms with Gasteiger partial charge in [-0.3, -0.25) is 0 Å². The molecule has 3 N–H and O–H groups in total. The van der Waals surface area contributed by atoms with E-state index in [1.165, 1.54) is 59.7 Å². The van der Waals surface area contributed by atoms with Crippen molar-refractivity contribution in [3.05, 3.63) is 34.7 Å². The zero-order chi connectivity index (χ0) is 19.1. The van der Waals surface area contributed by atoms with Crippen molar-refractivity contribution in [2.45, 2.75) is 82.8 Å². The lowest BCUT2D eigenvalue weighted by atomic mass is 9.95. The summed E-state index contributed by atoms with van der Waals surface area (Å²) in [5.41, 5.74) is 8.34. The quantitative estimate of drug-likeness (QED) is 0.548. The van der Waals surface area contributed by atoms with E-state index >= 15 is 0 Å². The molecule has 0 radical (unpaired) electrons. The second-order valence-corrected chi connectivity index (χ2v) is 9.40. The minimum atomic E-state index is -0.491. The molecule has 1 heterocycles. The number of fused-ring (bicyclic) bond motifs is 1. The first kappa shape index (κ1) is 20.8. The van der Waals surface area contributed by atoms with Crippen LogP contribution in [-0.4, -0.2) is 30.0 Å². The molecule has 0 spiro atoms. The summed E-state index contributed by atoms with van der Waals surface area (Å²) in [6.07, 6.45) is 12.3. The molecule has 1 unspecified atom stereocenters. The zero-order valence-electron chi connectivity index (χ0n) is 16.7. The average molecular weight is 390 g/mol. The molecule has 0 bridgehead atoms. The molecule has 150 valence electrons. The Kier molecular flexibility index (Phi) is 7.71. The molecule has 2 aromatic rings. The minimum Gasteiger partial charge on any atom is -0.394 e. The maximum atomic E-state index is 9.31. The first-order chi connectivity index (χ1) is 13.1. The highest BCUT2D eigenvalue weighted by atomic mass is 32.1. The molecule has 3 nitrogen and oxygen atoms in total. The number of ether oxygens (including phenoxy) is 1. The largest absolute Gasteiger partial charge is 0.394 e. The van der Waals surface area contributed by atoms with Crippen LogP contribution in [0.1, 0.15) is 69.4 Å². The standard InChI is InChI=1S/C23H35NO2S/c1-23(24,17-25)13-12-18-10-11-21-19(16-27-22(21)15-18)7-5-6-14-26-20-8-3-2-4-9-20/h10-11,15-16,20,25H,2-9,12-14,17,24H2,1H3. The van der Waals surface area contributed by atoms with Crippen molar-refractivity contribution in [2.24, 2.45) is 5.73 Å². The molecular weight excluding hydrogens is 354 g/mol. The highest BCUT2D eigenvalue weighted by Gasteiger charge is 2.17. The van der Waals surface area contributed by atoms with Crippen molar-refractivity contribution >= 4 is 21.4 Å². The summed E-state index contributed by atoms with van der Waals surface area (Å²) in [6, 6.07) is 6.78. The Morgan fingerprint density at radius 1 is 1.19 bits per heavy atom. The number of benzene rings is 1. The number of thiophene rings is 1. The fraction of sp³-hybridized carbons (Fsp3) is 0.652. The highest BCUT2D eigenvalue weighted by molar-refractivity contribution is 7.17. The third-order valence-electron chi connectivity index (χ3n) is 5.81. The van der Waals surface area contributed by atoms with E-state index in [0.717, 1.165) is 32.3 Å². The molecule has 0 saturated heterocycles. The normalized spacial score (nSPS) is 18.0. The zero-order valence-corrected chi connectivity index (χ0v) is 17.5. The van der Waals surface area contributed by atoms with Crippen molar-refractivity contribution in [1.82, 2.24) is 0 Å². The van der Waals surface area contributed by atoms with Crippen LogP contribution in [0.4, 0.5) is 0 Å². The average Bonchev–Trinajstić information content (AvgIpc) is 3.09. The van der Waals surface area contributed by atoms with Crippen molar-refractivity contribution < 1.29 is 9.84 Å². The topological polar surface area (TPSA) is 55.5 Å². The predicted molar refractivity (Wildman–Crippen MR) is 116 cm³/mol. The maximum Gasteiger partial charge on any atom is 0.0608 e. The van der Waals surface area contributed by atoms with Gasteiger partial charge in [-0.1, -0.05) is 31.4 Å². The lowest BCUT2D eigenvalue weighted by Gasteiger charge is -2.21. The first-order valence-corrected chi connectivity index (χ1v) is 11.5. The number of nitrogens with two attached hydrogens (primary N) is 1. The van der Waals surface area contributed by atoms with Crippen LogP contribution >= 0.6 is 11.3 Å². The fourth-order valence-corrected chi connectivity index (χ4v) is 4.94. The molecule has 1 aromatic heterocycles. The van der Waals surface area contributed by atoms with Crippen LogP contribution in [0.2, 0.25) is 0 Å². The van der Waals surface area contributed by atoms with Gasteiger partial charge in [0.25, 0.3) is 0 Å². The molecular formula is C23H35NO2S. The van der Waals surface area contributed by atoms with E-state index in [-0.39, 0.29) is 6.61 Å². The summed E-state index contributed by atoms with van der Waals surface area (Å²) < 4.78 is 7.41. The van der Waals surface area contributed by atoms with Gasteiger partial charge in [0.15, 0.2) is 0 Å². The van der Waals surface area contributed by atoms with Gasteiger partial charge in [0.1, 0.15) is 0 Å². The first-order valence-electron chi connectivity index (χ1n) is 10.6. The minimum absolute atomic E-state index is 0.0306. The van der Waals surface area contributed by atoms with Gasteiger partial charge in [-0.05, 0) is 79.8 Å². The van der Waals surface area contributed by atoms with E-state index in [4.69, 9.17) is 10.5 Å². The summed E-state index contributed by atoms with van der Waals surface area (Å²) in [7, 11) is 0. The molecule has 1 atom stereocenters. The van der Waals surface area contributed by atoms with Crippen LogP contribution in [0.3, 0.4) is 0 Å². The van der Waals surface area contributed by atoms with Gasteiger partial charge < -0.3 is 15.6 Å². The SMILES string of the molecule is CC(N)(CO)CCc1ccc2c(CCCCOC3CCCCC3)csc2c1. The van der Waals surface area contributed by atoms with Crippen LogP contribution < -0.4 is 5.73 Å². The van der Waals surface area contributed by atoms with Gasteiger partial charge in [0.2, 0.25) is 0 Å². The van der Waals surface area contributed by atoms with Crippen LogP contribution in [0.5, 0.6) is 0 Å². The highest BCUT2D eigenvalue weighted by Crippen LogP contribution is 2.29. The van der Waals surface area contributed by atoms with E-state index in [0.29, 0.717) is 6.10 Å². The van der Waals surface area contributed by atoms with Gasteiger partial charge in [0.05, 0.1) is 12.7 Å². The Morgan fingerprint density at radius 3 is 2.78 bits per heavy atom. The maximum absolute atomic E-state index is 9.31. The Hall–Kier alpha value is -0.940. The molecule has 27 heavy (non-hydrogen) atoms. The third kappa shape index (κ3) is 6.28. The van der Waals surface area contributed by atoms with E-state index in [2.05, 4.69) is 23.6 Å². The number of unbranched alkanes of at least 4 members (excludes halogenated alkanes) is 1. The van der Waals surface area contributed by atoms with Crippen LogP contribution in [0.25, 0.3) is 10.1 Å². The summed E-state index contributed by atoms with van der Waals surface area (Å²) in [5.74, 6) is 0. The molecule has 0 amide bonds. The van der Waals surface area contributed by atoms with E-state index in [1.54, 1.807) is 0 Å². The summed E-state index contributed by atoms with van der Waals surface area (Å²) in [6.45, 7) is 2.86. The molecule has 4 heteroatoms. The number of aliphatic hydroxyl groups is 1. The fourth-order valence-electron chi connectivity index (χ4n) is 3.88. The summed E-state index contributed by atoms with van der Waals surface area (Å²) >= 11 is 1.84. The Balaban J connectivity index is 1.45.